The number of aromatic nitrogens is 1. The molecule has 0 saturated carbocycles. The van der Waals surface area contributed by atoms with E-state index < -0.39 is 10.0 Å². The van der Waals surface area contributed by atoms with Gasteiger partial charge in [-0.15, -0.1) is 24.0 Å². The molecular formula is C19H35IN6O3S. The molecule has 2 saturated heterocycles. The van der Waals surface area contributed by atoms with E-state index in [1.54, 1.807) is 13.1 Å². The van der Waals surface area contributed by atoms with Crippen molar-refractivity contribution < 1.29 is 12.9 Å². The summed E-state index contributed by atoms with van der Waals surface area (Å²) in [5.74, 6) is 1.36. The third-order valence-corrected chi connectivity index (χ3v) is 7.61. The van der Waals surface area contributed by atoms with E-state index in [0.717, 1.165) is 19.0 Å². The number of guanidine groups is 1. The van der Waals surface area contributed by atoms with Crippen LogP contribution in [0.15, 0.2) is 21.8 Å². The molecule has 2 aliphatic heterocycles. The number of rotatable bonds is 6. The van der Waals surface area contributed by atoms with Gasteiger partial charge in [-0.2, -0.15) is 4.31 Å². The van der Waals surface area contributed by atoms with Gasteiger partial charge in [-0.25, -0.2) is 8.42 Å². The van der Waals surface area contributed by atoms with E-state index in [4.69, 9.17) is 4.52 Å². The van der Waals surface area contributed by atoms with Crippen LogP contribution in [0.2, 0.25) is 0 Å². The molecule has 2 fully saturated rings. The molecular weight excluding hydrogens is 519 g/mol. The van der Waals surface area contributed by atoms with Crippen molar-refractivity contribution >= 4 is 40.0 Å². The average Bonchev–Trinajstić information content (AvgIpc) is 3.21. The van der Waals surface area contributed by atoms with Crippen LogP contribution in [0.5, 0.6) is 0 Å². The summed E-state index contributed by atoms with van der Waals surface area (Å²) >= 11 is 0. The number of likely N-dealkylation sites (tertiary alicyclic amines) is 1. The fourth-order valence-corrected chi connectivity index (χ4v) is 5.49. The zero-order chi connectivity index (χ0) is 20.9. The number of aliphatic imine (C=N–C) groups is 1. The monoisotopic (exact) mass is 554 g/mol. The summed E-state index contributed by atoms with van der Waals surface area (Å²) in [4.78, 5) is 9.11. The first kappa shape index (κ1) is 25.3. The number of hydrogen-bond donors (Lipinski definition) is 1. The lowest BCUT2D eigenvalue weighted by molar-refractivity contribution is 0.140. The predicted octanol–water partition coefficient (Wildman–Crippen LogP) is 1.44. The molecule has 1 N–H and O–H groups in total. The van der Waals surface area contributed by atoms with E-state index in [9.17, 15) is 8.42 Å². The molecule has 11 heteroatoms. The molecule has 0 aliphatic carbocycles. The van der Waals surface area contributed by atoms with Gasteiger partial charge in [0.05, 0.1) is 5.69 Å². The number of hydrogen-bond acceptors (Lipinski definition) is 6. The minimum absolute atomic E-state index is 0. The maximum Gasteiger partial charge on any atom is 0.220 e. The van der Waals surface area contributed by atoms with Crippen LogP contribution in [0.4, 0.5) is 0 Å². The second-order valence-corrected chi connectivity index (χ2v) is 10.1. The predicted molar refractivity (Wildman–Crippen MR) is 128 cm³/mol. The van der Waals surface area contributed by atoms with E-state index in [1.807, 2.05) is 0 Å². The molecule has 0 bridgehead atoms. The highest BCUT2D eigenvalue weighted by Crippen LogP contribution is 2.18. The second kappa shape index (κ2) is 11.6. The number of halogens is 1. The number of nitrogens with one attached hydrogen (secondary N) is 1. The highest BCUT2D eigenvalue weighted by molar-refractivity contribution is 14.0. The molecule has 1 unspecified atom stereocenters. The van der Waals surface area contributed by atoms with Crippen molar-refractivity contribution in [2.24, 2.45) is 10.9 Å². The summed E-state index contributed by atoms with van der Waals surface area (Å²) in [6, 6.07) is 2.18. The Morgan fingerprint density at radius 2 is 2.03 bits per heavy atom. The minimum Gasteiger partial charge on any atom is -0.364 e. The molecule has 0 radical (unpaired) electrons. The third kappa shape index (κ3) is 6.79. The van der Waals surface area contributed by atoms with Gasteiger partial charge < -0.3 is 19.6 Å². The van der Waals surface area contributed by atoms with Crippen molar-refractivity contribution in [3.63, 3.8) is 0 Å². The molecule has 3 heterocycles. The maximum atomic E-state index is 12.6. The van der Waals surface area contributed by atoms with Crippen molar-refractivity contribution in [3.8, 4) is 0 Å². The van der Waals surface area contributed by atoms with Gasteiger partial charge in [-0.1, -0.05) is 5.16 Å². The summed E-state index contributed by atoms with van der Waals surface area (Å²) in [6.45, 7) is 9.87. The Balaban J connectivity index is 0.00000320. The first-order chi connectivity index (χ1) is 13.9. The summed E-state index contributed by atoms with van der Waals surface area (Å²) in [7, 11) is -1.60. The molecule has 0 amide bonds. The van der Waals surface area contributed by atoms with Gasteiger partial charge in [-0.05, 0) is 39.2 Å². The highest BCUT2D eigenvalue weighted by Gasteiger charge is 2.29. The van der Waals surface area contributed by atoms with Crippen LogP contribution in [-0.4, -0.2) is 92.5 Å². The van der Waals surface area contributed by atoms with Gasteiger partial charge in [0.25, 0.3) is 0 Å². The van der Waals surface area contributed by atoms with E-state index >= 15 is 0 Å². The smallest absolute Gasteiger partial charge is 0.220 e. The van der Waals surface area contributed by atoms with Gasteiger partial charge in [0.15, 0.2) is 5.96 Å². The van der Waals surface area contributed by atoms with Crippen LogP contribution in [-0.2, 0) is 15.8 Å². The topological polar surface area (TPSA) is 94.3 Å². The van der Waals surface area contributed by atoms with E-state index in [2.05, 4.69) is 39.1 Å². The van der Waals surface area contributed by atoms with Gasteiger partial charge in [-0.3, -0.25) is 4.99 Å². The fraction of sp³-hybridized carbons (Fsp3) is 0.789. The Labute approximate surface area is 197 Å². The number of piperazine rings is 1. The first-order valence-electron chi connectivity index (χ1n) is 10.5. The average molecular weight is 554 g/mol. The summed E-state index contributed by atoms with van der Waals surface area (Å²) in [6.07, 6.45) is 3.87. The Kier molecular flexibility index (Phi) is 9.82. The molecule has 1 aromatic rings. The molecule has 1 atom stereocenters. The lowest BCUT2D eigenvalue weighted by atomic mass is 9.97. The van der Waals surface area contributed by atoms with Crippen LogP contribution in [0.1, 0.15) is 32.4 Å². The number of nitrogens with zero attached hydrogens (tertiary/aromatic N) is 5. The van der Waals surface area contributed by atoms with Gasteiger partial charge >= 0.3 is 0 Å². The Morgan fingerprint density at radius 3 is 2.63 bits per heavy atom. The third-order valence-electron chi connectivity index (χ3n) is 5.79. The second-order valence-electron chi connectivity index (χ2n) is 8.16. The summed E-state index contributed by atoms with van der Waals surface area (Å²) in [5, 5.41) is 7.23. The van der Waals surface area contributed by atoms with E-state index in [-0.39, 0.29) is 29.7 Å². The van der Waals surface area contributed by atoms with Crippen molar-refractivity contribution in [2.75, 3.05) is 52.9 Å². The standard InChI is InChI=1S/C19H34N6O3S.HI/c1-16(2)24-7-4-5-17(14-24)13-21-19(20-3)23-8-10-25(11-9-23)29(26,27)15-18-6-12-28-22-18;/h6,12,16-17H,4-5,7-11,13-15H2,1-3H3,(H,20,21);1H. The van der Waals surface area contributed by atoms with Crippen LogP contribution in [0.25, 0.3) is 0 Å². The van der Waals surface area contributed by atoms with E-state index in [0.29, 0.717) is 43.8 Å². The van der Waals surface area contributed by atoms with Crippen molar-refractivity contribution in [3.05, 3.63) is 18.0 Å². The van der Waals surface area contributed by atoms with Gasteiger partial charge in [0.2, 0.25) is 10.0 Å². The molecule has 0 aromatic carbocycles. The SMILES string of the molecule is CN=C(NCC1CCCN(C(C)C)C1)N1CCN(S(=O)(=O)Cc2ccon2)CC1.I. The molecule has 172 valence electrons. The van der Waals surface area contributed by atoms with Crippen LogP contribution >= 0.6 is 24.0 Å². The quantitative estimate of drug-likeness (QED) is 0.323. The maximum absolute atomic E-state index is 12.6. The summed E-state index contributed by atoms with van der Waals surface area (Å²) in [5.41, 5.74) is 0.438. The zero-order valence-corrected chi connectivity index (χ0v) is 21.3. The molecule has 1 aromatic heterocycles. The van der Waals surface area contributed by atoms with Crippen molar-refractivity contribution in [2.45, 2.75) is 38.5 Å². The highest BCUT2D eigenvalue weighted by atomic mass is 127. The Hall–Kier alpha value is -0.920. The van der Waals surface area contributed by atoms with Gasteiger partial charge in [0.1, 0.15) is 12.0 Å². The zero-order valence-electron chi connectivity index (χ0n) is 18.2. The normalized spacial score (nSPS) is 22.2. The lowest BCUT2D eigenvalue weighted by Crippen LogP contribution is -2.54. The molecule has 9 nitrogen and oxygen atoms in total. The first-order valence-corrected chi connectivity index (χ1v) is 12.1. The van der Waals surface area contributed by atoms with Crippen LogP contribution in [0.3, 0.4) is 0 Å². The molecule has 30 heavy (non-hydrogen) atoms. The Morgan fingerprint density at radius 1 is 1.30 bits per heavy atom. The largest absolute Gasteiger partial charge is 0.364 e. The van der Waals surface area contributed by atoms with Gasteiger partial charge in [0, 0.05) is 58.4 Å². The fourth-order valence-electron chi connectivity index (χ4n) is 4.07. The van der Waals surface area contributed by atoms with Crippen LogP contribution < -0.4 is 5.32 Å². The number of sulfonamides is 1. The Bertz CT molecular complexity index is 763. The minimum atomic E-state index is -3.39. The van der Waals surface area contributed by atoms with E-state index in [1.165, 1.54) is 30.0 Å². The van der Waals surface area contributed by atoms with Crippen LogP contribution in [0, 0.1) is 5.92 Å². The number of piperidine rings is 1. The molecule has 0 spiro atoms. The van der Waals surface area contributed by atoms with Crippen molar-refractivity contribution in [1.29, 1.82) is 0 Å². The molecule has 3 rings (SSSR count). The molecule has 2 aliphatic rings. The van der Waals surface area contributed by atoms with Crippen molar-refractivity contribution in [1.82, 2.24) is 24.6 Å². The summed E-state index contributed by atoms with van der Waals surface area (Å²) < 4.78 is 31.5. The lowest BCUT2D eigenvalue weighted by Gasteiger charge is -2.38.